The van der Waals surface area contributed by atoms with E-state index in [0.717, 1.165) is 0 Å². The van der Waals surface area contributed by atoms with E-state index >= 15 is 0 Å². The van der Waals surface area contributed by atoms with Crippen molar-refractivity contribution in [3.8, 4) is 0 Å². The van der Waals surface area contributed by atoms with Crippen LogP contribution in [0.2, 0.25) is 0 Å². The van der Waals surface area contributed by atoms with Gasteiger partial charge >= 0.3 is 0 Å². The first-order valence-electron chi connectivity index (χ1n) is 5.99. The highest BCUT2D eigenvalue weighted by Gasteiger charge is 2.23. The van der Waals surface area contributed by atoms with Crippen molar-refractivity contribution in [2.75, 3.05) is 6.61 Å². The van der Waals surface area contributed by atoms with Crippen LogP contribution in [0, 0.1) is 0 Å². The van der Waals surface area contributed by atoms with E-state index in [1.165, 1.54) is 6.20 Å². The Morgan fingerprint density at radius 1 is 1.44 bits per heavy atom. The van der Waals surface area contributed by atoms with Crippen LogP contribution in [-0.4, -0.2) is 35.2 Å². The molecule has 1 heterocycles. The standard InChI is InChI=1S/C10H18N4O2.C2H6/c1-6-13-8(12)7(4-11)9(14-6)16-5-10(2,3)15;1-2/h4,8,15H,5,11-12H2,1-3H3;1-2H3/b7-4+;. The molecule has 0 aromatic rings. The zero-order valence-electron chi connectivity index (χ0n) is 11.8. The van der Waals surface area contributed by atoms with E-state index in [9.17, 15) is 5.11 Å². The topological polar surface area (TPSA) is 106 Å². The Morgan fingerprint density at radius 3 is 2.44 bits per heavy atom. The summed E-state index contributed by atoms with van der Waals surface area (Å²) in [6.45, 7) is 9.12. The van der Waals surface area contributed by atoms with Gasteiger partial charge < -0.3 is 21.3 Å². The normalized spacial score (nSPS) is 21.7. The molecular weight excluding hydrogens is 232 g/mol. The highest BCUT2D eigenvalue weighted by atomic mass is 16.5. The smallest absolute Gasteiger partial charge is 0.223 e. The third kappa shape index (κ3) is 5.29. The molecule has 0 saturated carbocycles. The van der Waals surface area contributed by atoms with Gasteiger partial charge in [0.25, 0.3) is 0 Å². The first kappa shape index (κ1) is 16.6. The van der Waals surface area contributed by atoms with Crippen LogP contribution in [0.5, 0.6) is 0 Å². The van der Waals surface area contributed by atoms with E-state index in [-0.39, 0.29) is 6.61 Å². The summed E-state index contributed by atoms with van der Waals surface area (Å²) < 4.78 is 5.38. The van der Waals surface area contributed by atoms with Crippen LogP contribution in [0.1, 0.15) is 34.6 Å². The van der Waals surface area contributed by atoms with E-state index in [1.54, 1.807) is 20.8 Å². The lowest BCUT2D eigenvalue weighted by atomic mass is 10.1. The predicted octanol–water partition coefficient (Wildman–Crippen LogP) is 0.758. The van der Waals surface area contributed by atoms with Crippen molar-refractivity contribution < 1.29 is 9.84 Å². The Labute approximate surface area is 108 Å². The summed E-state index contributed by atoms with van der Waals surface area (Å²) in [4.78, 5) is 8.14. The van der Waals surface area contributed by atoms with Gasteiger partial charge in [-0.2, -0.15) is 4.99 Å². The number of nitrogens with two attached hydrogens (primary N) is 2. The number of aliphatic hydroxyl groups is 1. The SMILES string of the molecule is CC.CC1=NC(N)/C(=C\N)C(OCC(C)(C)O)=N1. The molecule has 5 N–H and O–H groups in total. The Kier molecular flexibility index (Phi) is 6.57. The second-order valence-corrected chi connectivity index (χ2v) is 4.26. The third-order valence-corrected chi connectivity index (χ3v) is 1.90. The fraction of sp³-hybridized carbons (Fsp3) is 0.667. The van der Waals surface area contributed by atoms with E-state index in [0.29, 0.717) is 17.3 Å². The Bertz CT molecular complexity index is 354. The van der Waals surface area contributed by atoms with Crippen molar-refractivity contribution in [2.45, 2.75) is 46.4 Å². The maximum Gasteiger partial charge on any atom is 0.223 e. The van der Waals surface area contributed by atoms with Crippen LogP contribution < -0.4 is 11.5 Å². The van der Waals surface area contributed by atoms with Gasteiger partial charge in [0, 0.05) is 6.20 Å². The number of ether oxygens (including phenoxy) is 1. The summed E-state index contributed by atoms with van der Waals surface area (Å²) in [7, 11) is 0. The van der Waals surface area contributed by atoms with Gasteiger partial charge in [0.1, 0.15) is 18.6 Å². The van der Waals surface area contributed by atoms with Crippen molar-refractivity contribution in [1.82, 2.24) is 0 Å². The fourth-order valence-electron chi connectivity index (χ4n) is 1.17. The van der Waals surface area contributed by atoms with Gasteiger partial charge in [-0.15, -0.1) is 0 Å². The van der Waals surface area contributed by atoms with Crippen LogP contribution >= 0.6 is 0 Å². The molecule has 6 nitrogen and oxygen atoms in total. The van der Waals surface area contributed by atoms with E-state index in [4.69, 9.17) is 16.2 Å². The average Bonchev–Trinajstić information content (AvgIpc) is 2.27. The lowest BCUT2D eigenvalue weighted by Gasteiger charge is -2.23. The summed E-state index contributed by atoms with van der Waals surface area (Å²) >= 11 is 0. The van der Waals surface area contributed by atoms with Crippen LogP contribution in [-0.2, 0) is 4.74 Å². The number of aliphatic imine (C=N–C) groups is 2. The maximum absolute atomic E-state index is 9.55. The number of nitrogens with zero attached hydrogens (tertiary/aromatic N) is 2. The Hall–Kier alpha value is -1.40. The van der Waals surface area contributed by atoms with Crippen LogP contribution in [0.4, 0.5) is 0 Å². The maximum atomic E-state index is 9.55. The molecular formula is C12H24N4O2. The largest absolute Gasteiger partial charge is 0.474 e. The zero-order valence-corrected chi connectivity index (χ0v) is 11.8. The molecule has 0 aromatic heterocycles. The lowest BCUT2D eigenvalue weighted by Crippen LogP contribution is -2.35. The minimum absolute atomic E-state index is 0.114. The first-order valence-corrected chi connectivity index (χ1v) is 5.99. The summed E-state index contributed by atoms with van der Waals surface area (Å²) in [6, 6.07) is 0. The Balaban J connectivity index is 0.00000137. The van der Waals surface area contributed by atoms with E-state index in [1.807, 2.05) is 13.8 Å². The van der Waals surface area contributed by atoms with E-state index in [2.05, 4.69) is 9.98 Å². The molecule has 1 aliphatic heterocycles. The summed E-state index contributed by atoms with van der Waals surface area (Å²) in [5, 5.41) is 9.55. The highest BCUT2D eigenvalue weighted by molar-refractivity contribution is 6.05. The van der Waals surface area contributed by atoms with Gasteiger partial charge in [-0.1, -0.05) is 13.8 Å². The minimum atomic E-state index is -0.936. The predicted molar refractivity (Wildman–Crippen MR) is 74.4 cm³/mol. The molecule has 0 aliphatic carbocycles. The van der Waals surface area contributed by atoms with Gasteiger partial charge in [-0.25, -0.2) is 4.99 Å². The summed E-state index contributed by atoms with van der Waals surface area (Å²) in [5.74, 6) is 0.855. The van der Waals surface area contributed by atoms with Crippen LogP contribution in [0.15, 0.2) is 21.8 Å². The molecule has 0 saturated heterocycles. The quantitative estimate of drug-likeness (QED) is 0.678. The molecule has 0 amide bonds. The molecule has 1 rings (SSSR count). The fourth-order valence-corrected chi connectivity index (χ4v) is 1.17. The lowest BCUT2D eigenvalue weighted by molar-refractivity contribution is 0.0239. The van der Waals surface area contributed by atoms with Crippen molar-refractivity contribution in [2.24, 2.45) is 21.5 Å². The molecule has 0 radical (unpaired) electrons. The van der Waals surface area contributed by atoms with Crippen LogP contribution in [0.25, 0.3) is 0 Å². The molecule has 0 fully saturated rings. The second kappa shape index (κ2) is 7.13. The van der Waals surface area contributed by atoms with Gasteiger partial charge in [-0.3, -0.25) is 0 Å². The second-order valence-electron chi connectivity index (χ2n) is 4.26. The van der Waals surface area contributed by atoms with Gasteiger partial charge in [0.15, 0.2) is 0 Å². The third-order valence-electron chi connectivity index (χ3n) is 1.90. The molecule has 1 aliphatic rings. The first-order chi connectivity index (χ1) is 8.33. The number of hydrogen-bond donors (Lipinski definition) is 3. The molecule has 0 aromatic carbocycles. The molecule has 18 heavy (non-hydrogen) atoms. The van der Waals surface area contributed by atoms with Crippen molar-refractivity contribution in [1.29, 1.82) is 0 Å². The zero-order chi connectivity index (χ0) is 14.3. The number of hydrogen-bond acceptors (Lipinski definition) is 6. The molecule has 6 heteroatoms. The molecule has 0 bridgehead atoms. The average molecular weight is 256 g/mol. The Morgan fingerprint density at radius 2 is 2.00 bits per heavy atom. The summed E-state index contributed by atoms with van der Waals surface area (Å²) in [5.41, 5.74) is 10.8. The number of amidine groups is 1. The van der Waals surface area contributed by atoms with Crippen molar-refractivity contribution >= 4 is 11.7 Å². The molecule has 104 valence electrons. The van der Waals surface area contributed by atoms with Crippen LogP contribution in [0.3, 0.4) is 0 Å². The van der Waals surface area contributed by atoms with Gasteiger partial charge in [-0.05, 0) is 20.8 Å². The number of rotatable bonds is 2. The van der Waals surface area contributed by atoms with E-state index < -0.39 is 11.8 Å². The molecule has 1 unspecified atom stereocenters. The molecule has 0 spiro atoms. The summed E-state index contributed by atoms with van der Waals surface area (Å²) in [6.07, 6.45) is 0.767. The monoisotopic (exact) mass is 256 g/mol. The van der Waals surface area contributed by atoms with Gasteiger partial charge in [0.2, 0.25) is 5.90 Å². The molecule has 1 atom stereocenters. The van der Waals surface area contributed by atoms with Crippen molar-refractivity contribution in [3.63, 3.8) is 0 Å². The van der Waals surface area contributed by atoms with Gasteiger partial charge in [0.05, 0.1) is 11.2 Å². The van der Waals surface area contributed by atoms with Crippen molar-refractivity contribution in [3.05, 3.63) is 11.8 Å². The highest BCUT2D eigenvalue weighted by Crippen LogP contribution is 2.13. The minimum Gasteiger partial charge on any atom is -0.474 e.